The lowest BCUT2D eigenvalue weighted by molar-refractivity contribution is -0.130. The number of hydrogen-bond donors (Lipinski definition) is 1. The lowest BCUT2D eigenvalue weighted by Gasteiger charge is -2.25. The van der Waals surface area contributed by atoms with Crippen LogP contribution in [-0.4, -0.2) is 24.8 Å². The Kier molecular flexibility index (Phi) is 3.85. The maximum atomic E-state index is 12.2. The van der Waals surface area contributed by atoms with Crippen LogP contribution in [0.5, 0.6) is 11.5 Å². The molecule has 25 heavy (non-hydrogen) atoms. The topological polar surface area (TPSA) is 73.1 Å². The van der Waals surface area contributed by atoms with Crippen molar-refractivity contribution in [3.8, 4) is 11.5 Å². The molecule has 1 atom stereocenters. The summed E-state index contributed by atoms with van der Waals surface area (Å²) in [6.45, 7) is 1.97. The molecular formula is C19H16N2O4. The quantitative estimate of drug-likeness (QED) is 0.589. The van der Waals surface area contributed by atoms with Gasteiger partial charge in [-0.05, 0) is 42.0 Å². The third kappa shape index (κ3) is 3.19. The van der Waals surface area contributed by atoms with E-state index in [0.717, 1.165) is 16.5 Å². The molecule has 6 nitrogen and oxygen atoms in total. The van der Waals surface area contributed by atoms with E-state index in [-0.39, 0.29) is 12.5 Å². The van der Waals surface area contributed by atoms with Gasteiger partial charge in [-0.2, -0.15) is 5.10 Å². The number of fused-ring (bicyclic) bond motifs is 2. The molecular weight excluding hydrogens is 320 g/mol. The molecule has 0 radical (unpaired) electrons. The molecule has 2 aromatic carbocycles. The average Bonchev–Trinajstić information content (AvgIpc) is 3.04. The number of carbonyl (C=O) groups is 1. The van der Waals surface area contributed by atoms with Gasteiger partial charge in [0.25, 0.3) is 5.91 Å². The fourth-order valence-corrected chi connectivity index (χ4v) is 2.64. The van der Waals surface area contributed by atoms with Crippen LogP contribution in [-0.2, 0) is 4.79 Å². The van der Waals surface area contributed by atoms with Crippen molar-refractivity contribution < 1.29 is 18.7 Å². The van der Waals surface area contributed by atoms with Gasteiger partial charge < -0.3 is 13.9 Å². The van der Waals surface area contributed by atoms with E-state index >= 15 is 0 Å². The lowest BCUT2D eigenvalue weighted by Crippen LogP contribution is -2.42. The van der Waals surface area contributed by atoms with Gasteiger partial charge in [-0.15, -0.1) is 0 Å². The first-order valence-corrected chi connectivity index (χ1v) is 7.91. The summed E-state index contributed by atoms with van der Waals surface area (Å²) < 4.78 is 16.8. The van der Waals surface area contributed by atoms with Gasteiger partial charge in [-0.3, -0.25) is 4.79 Å². The summed E-state index contributed by atoms with van der Waals surface area (Å²) in [6.07, 6.45) is 0.680. The number of hydrogen-bond acceptors (Lipinski definition) is 5. The zero-order valence-corrected chi connectivity index (χ0v) is 13.6. The highest BCUT2D eigenvalue weighted by Gasteiger charge is 2.27. The molecule has 126 valence electrons. The van der Waals surface area contributed by atoms with Gasteiger partial charge in [-0.1, -0.05) is 24.3 Å². The van der Waals surface area contributed by atoms with E-state index in [4.69, 9.17) is 13.9 Å². The summed E-state index contributed by atoms with van der Waals surface area (Å²) in [7, 11) is 0. The third-order valence-corrected chi connectivity index (χ3v) is 3.89. The van der Waals surface area contributed by atoms with Crippen LogP contribution >= 0.6 is 0 Å². The summed E-state index contributed by atoms with van der Waals surface area (Å²) >= 11 is 0. The van der Waals surface area contributed by atoms with E-state index in [1.54, 1.807) is 6.07 Å². The van der Waals surface area contributed by atoms with Crippen molar-refractivity contribution in [2.75, 3.05) is 6.61 Å². The molecule has 0 unspecified atom stereocenters. The Morgan fingerprint density at radius 1 is 1.16 bits per heavy atom. The Bertz CT molecular complexity index is 961. The monoisotopic (exact) mass is 336 g/mol. The van der Waals surface area contributed by atoms with E-state index in [9.17, 15) is 4.79 Å². The minimum Gasteiger partial charge on any atom is -0.485 e. The maximum absolute atomic E-state index is 12.2. The smallest absolute Gasteiger partial charge is 0.284 e. The van der Waals surface area contributed by atoms with E-state index in [1.807, 2.05) is 49.4 Å². The van der Waals surface area contributed by atoms with Crippen LogP contribution in [0.2, 0.25) is 0 Å². The molecule has 1 N–H and O–H groups in total. The first kappa shape index (κ1) is 15.3. The molecule has 1 aromatic heterocycles. The number of nitrogens with zero attached hydrogens (tertiary/aromatic N) is 1. The molecule has 3 aromatic rings. The minimum atomic E-state index is -0.760. The minimum absolute atomic E-state index is 0.132. The number of furan rings is 1. The van der Waals surface area contributed by atoms with Crippen molar-refractivity contribution in [3.63, 3.8) is 0 Å². The van der Waals surface area contributed by atoms with Crippen LogP contribution in [0.4, 0.5) is 0 Å². The zero-order chi connectivity index (χ0) is 17.2. The number of nitrogens with one attached hydrogen (secondary N) is 1. The molecule has 0 saturated heterocycles. The molecule has 2 heterocycles. The number of ether oxygens (including phenoxy) is 2. The first-order valence-electron chi connectivity index (χ1n) is 7.91. The second-order valence-corrected chi connectivity index (χ2v) is 5.75. The number of benzene rings is 2. The number of carbonyl (C=O) groups excluding carboxylic acids is 1. The van der Waals surface area contributed by atoms with Gasteiger partial charge in [0.05, 0.1) is 6.21 Å². The van der Waals surface area contributed by atoms with Crippen LogP contribution in [0.25, 0.3) is 10.8 Å². The van der Waals surface area contributed by atoms with Crippen LogP contribution < -0.4 is 14.9 Å². The van der Waals surface area contributed by atoms with Crippen LogP contribution in [0, 0.1) is 6.92 Å². The molecule has 0 saturated carbocycles. The Balaban J connectivity index is 1.45. The van der Waals surface area contributed by atoms with Crippen molar-refractivity contribution in [1.29, 1.82) is 0 Å². The highest BCUT2D eigenvalue weighted by molar-refractivity contribution is 5.87. The lowest BCUT2D eigenvalue weighted by atomic mass is 10.1. The second-order valence-electron chi connectivity index (χ2n) is 5.75. The molecule has 1 amide bonds. The first-order chi connectivity index (χ1) is 12.2. The van der Waals surface area contributed by atoms with Crippen molar-refractivity contribution in [1.82, 2.24) is 5.43 Å². The number of hydrazone groups is 1. The van der Waals surface area contributed by atoms with Crippen molar-refractivity contribution in [2.24, 2.45) is 5.10 Å². The molecule has 0 bridgehead atoms. The Morgan fingerprint density at radius 2 is 1.92 bits per heavy atom. The summed E-state index contributed by atoms with van der Waals surface area (Å²) in [4.78, 5) is 12.2. The van der Waals surface area contributed by atoms with Crippen LogP contribution in [0.1, 0.15) is 11.5 Å². The highest BCUT2D eigenvalue weighted by Crippen LogP contribution is 2.35. The van der Waals surface area contributed by atoms with Crippen molar-refractivity contribution in [3.05, 3.63) is 60.1 Å². The van der Waals surface area contributed by atoms with Crippen molar-refractivity contribution >= 4 is 22.9 Å². The Hall–Kier alpha value is -3.28. The summed E-state index contributed by atoms with van der Waals surface area (Å²) in [5.41, 5.74) is 2.44. The molecule has 6 heteroatoms. The predicted molar refractivity (Wildman–Crippen MR) is 93.0 cm³/mol. The second kappa shape index (κ2) is 6.32. The molecule has 0 aliphatic carbocycles. The number of amides is 1. The van der Waals surface area contributed by atoms with Crippen LogP contribution in [0.3, 0.4) is 0 Å². The molecule has 1 aliphatic rings. The summed E-state index contributed by atoms with van der Waals surface area (Å²) in [6, 6.07) is 15.3. The zero-order valence-electron chi connectivity index (χ0n) is 13.6. The Morgan fingerprint density at radius 3 is 2.64 bits per heavy atom. The molecule has 4 rings (SSSR count). The number of rotatable bonds is 3. The van der Waals surface area contributed by atoms with Gasteiger partial charge in [0.2, 0.25) is 6.10 Å². The normalized spacial score (nSPS) is 16.3. The Labute approximate surface area is 144 Å². The summed E-state index contributed by atoms with van der Waals surface area (Å²) in [5.74, 6) is 2.16. The van der Waals surface area contributed by atoms with E-state index < -0.39 is 6.10 Å². The molecule has 1 aliphatic heterocycles. The maximum Gasteiger partial charge on any atom is 0.284 e. The standard InChI is InChI=1S/C19H16N2O4/c1-12-6-7-15(24-12)10-20-21-19(22)18-11-23-16-8-13-4-2-3-5-14(13)9-17(16)25-18/h2-10,18H,11H2,1H3,(H,21,22)/b20-10+/t18-/m0/s1. The van der Waals surface area contributed by atoms with Gasteiger partial charge in [0, 0.05) is 0 Å². The molecule has 0 fully saturated rings. The summed E-state index contributed by atoms with van der Waals surface area (Å²) in [5, 5.41) is 5.97. The highest BCUT2D eigenvalue weighted by atomic mass is 16.6. The van der Waals surface area contributed by atoms with Gasteiger partial charge in [-0.25, -0.2) is 5.43 Å². The fraction of sp³-hybridized carbons (Fsp3) is 0.158. The fourth-order valence-electron chi connectivity index (χ4n) is 2.64. The average molecular weight is 336 g/mol. The van der Waals surface area contributed by atoms with Gasteiger partial charge in [0.1, 0.15) is 18.1 Å². The number of aryl methyl sites for hydroxylation is 1. The van der Waals surface area contributed by atoms with Gasteiger partial charge in [0.15, 0.2) is 11.5 Å². The third-order valence-electron chi connectivity index (χ3n) is 3.89. The molecule has 0 spiro atoms. The largest absolute Gasteiger partial charge is 0.485 e. The predicted octanol–water partition coefficient (Wildman–Crippen LogP) is 3.03. The SMILES string of the molecule is Cc1ccc(/C=N/NC(=O)[C@@H]2COc3cc4ccccc4cc3O2)o1. The van der Waals surface area contributed by atoms with Crippen LogP contribution in [0.15, 0.2) is 58.0 Å². The van der Waals surface area contributed by atoms with Crippen molar-refractivity contribution in [2.45, 2.75) is 13.0 Å². The van der Waals surface area contributed by atoms with Gasteiger partial charge >= 0.3 is 0 Å². The van der Waals surface area contributed by atoms with E-state index in [2.05, 4.69) is 10.5 Å². The van der Waals surface area contributed by atoms with E-state index in [0.29, 0.717) is 17.3 Å². The van der Waals surface area contributed by atoms with E-state index in [1.165, 1.54) is 6.21 Å².